The Morgan fingerprint density at radius 3 is 2.08 bits per heavy atom. The lowest BCUT2D eigenvalue weighted by atomic mass is 10.1. The normalized spacial score (nSPS) is 12.8. The fourth-order valence-corrected chi connectivity index (χ4v) is 0.509. The van der Waals surface area contributed by atoms with E-state index in [1.807, 2.05) is 0 Å². The maximum absolute atomic E-state index is 10.6. The number of carboxylic acid groups (broad SMARTS) is 2. The van der Waals surface area contributed by atoms with Gasteiger partial charge in [-0.3, -0.25) is 4.79 Å². The van der Waals surface area contributed by atoms with Crippen molar-refractivity contribution in [3.63, 3.8) is 0 Å². The molecule has 0 fully saturated rings. The van der Waals surface area contributed by atoms with Crippen LogP contribution in [0.15, 0.2) is 12.2 Å². The molecule has 0 rings (SSSR count). The zero-order chi connectivity index (χ0) is 9.72. The quantitative estimate of drug-likeness (QED) is 0.457. The Kier molecular flexibility index (Phi) is 3.69. The van der Waals surface area contributed by atoms with Gasteiger partial charge < -0.3 is 10.2 Å². The van der Waals surface area contributed by atoms with Gasteiger partial charge in [-0.15, -0.1) is 0 Å². The van der Waals surface area contributed by atoms with Crippen molar-refractivity contribution in [2.75, 3.05) is 0 Å². The van der Waals surface area contributed by atoms with E-state index in [1.54, 1.807) is 0 Å². The minimum atomic E-state index is -1.56. The summed E-state index contributed by atoms with van der Waals surface area (Å²) < 4.78 is 0. The third-order valence-electron chi connectivity index (χ3n) is 1.15. The van der Waals surface area contributed by atoms with E-state index >= 15 is 0 Å². The first-order chi connectivity index (χ1) is 5.45. The molecule has 0 aliphatic rings. The molecule has 5 nitrogen and oxygen atoms in total. The predicted molar refractivity (Wildman–Crippen MR) is 38.6 cm³/mol. The molecule has 0 saturated heterocycles. The number of allylic oxidation sites excluding steroid dienone is 1. The number of rotatable bonds is 4. The van der Waals surface area contributed by atoms with Crippen molar-refractivity contribution < 1.29 is 24.6 Å². The van der Waals surface area contributed by atoms with Gasteiger partial charge in [0.1, 0.15) is 0 Å². The van der Waals surface area contributed by atoms with Gasteiger partial charge in [0.15, 0.2) is 0 Å². The summed E-state index contributed by atoms with van der Waals surface area (Å²) in [5, 5.41) is 16.3. The maximum Gasteiger partial charge on any atom is 0.372 e. The molecule has 66 valence electrons. The van der Waals surface area contributed by atoms with E-state index in [0.29, 0.717) is 0 Å². The third kappa shape index (κ3) is 3.50. The van der Waals surface area contributed by atoms with Gasteiger partial charge in [-0.25, -0.2) is 9.59 Å². The largest absolute Gasteiger partial charge is 0.478 e. The number of ketones is 1. The van der Waals surface area contributed by atoms with Crippen molar-refractivity contribution >= 4 is 17.7 Å². The van der Waals surface area contributed by atoms with Gasteiger partial charge in [0.05, 0.1) is 0 Å². The monoisotopic (exact) mass is 172 g/mol. The van der Waals surface area contributed by atoms with E-state index in [9.17, 15) is 14.4 Å². The molecule has 1 atom stereocenters. The van der Waals surface area contributed by atoms with Crippen molar-refractivity contribution in [1.82, 2.24) is 0 Å². The van der Waals surface area contributed by atoms with Crippen molar-refractivity contribution in [1.29, 1.82) is 0 Å². The molecule has 0 saturated carbocycles. The summed E-state index contributed by atoms with van der Waals surface area (Å²) in [6.07, 6.45) is 1.77. The second-order valence-electron chi connectivity index (χ2n) is 2.16. The number of hydrogen-bond donors (Lipinski definition) is 2. The fraction of sp³-hybridized carbons (Fsp3) is 0.286. The molecule has 0 aliphatic carbocycles. The van der Waals surface area contributed by atoms with Gasteiger partial charge in [0, 0.05) is 12.0 Å². The van der Waals surface area contributed by atoms with Crippen LogP contribution in [-0.2, 0) is 14.4 Å². The Labute approximate surface area is 68.3 Å². The zero-order valence-corrected chi connectivity index (χ0v) is 6.35. The molecule has 0 aromatic carbocycles. The van der Waals surface area contributed by atoms with E-state index in [4.69, 9.17) is 10.2 Å². The molecule has 0 aliphatic heterocycles. The highest BCUT2D eigenvalue weighted by atomic mass is 16.4. The van der Waals surface area contributed by atoms with E-state index in [1.165, 1.54) is 6.92 Å². The van der Waals surface area contributed by atoms with Crippen LogP contribution in [0.3, 0.4) is 0 Å². The van der Waals surface area contributed by atoms with E-state index in [0.717, 1.165) is 12.2 Å². The van der Waals surface area contributed by atoms with Crippen molar-refractivity contribution in [3.8, 4) is 0 Å². The first-order valence-corrected chi connectivity index (χ1v) is 3.13. The highest BCUT2D eigenvalue weighted by Gasteiger charge is 2.17. The van der Waals surface area contributed by atoms with E-state index < -0.39 is 23.6 Å². The summed E-state index contributed by atoms with van der Waals surface area (Å²) in [6.45, 7) is 1.32. The number of aliphatic carboxylic acids is 2. The molecule has 5 heteroatoms. The van der Waals surface area contributed by atoms with Crippen LogP contribution in [0.1, 0.15) is 6.92 Å². The second kappa shape index (κ2) is 4.27. The summed E-state index contributed by atoms with van der Waals surface area (Å²) in [7, 11) is 0. The Morgan fingerprint density at radius 2 is 1.75 bits per heavy atom. The molecular weight excluding hydrogens is 164 g/mol. The summed E-state index contributed by atoms with van der Waals surface area (Å²) in [4.78, 5) is 30.6. The number of carbonyl (C=O) groups is 3. The molecule has 0 aromatic heterocycles. The molecule has 0 amide bonds. The summed E-state index contributed by atoms with van der Waals surface area (Å²) in [5.41, 5.74) is 0. The fourth-order valence-electron chi connectivity index (χ4n) is 0.509. The Balaban J connectivity index is 4.22. The van der Waals surface area contributed by atoms with Crippen LogP contribution in [0.4, 0.5) is 0 Å². The molecular formula is C7H8O5. The van der Waals surface area contributed by atoms with E-state index in [2.05, 4.69) is 0 Å². The smallest absolute Gasteiger partial charge is 0.372 e. The van der Waals surface area contributed by atoms with Crippen LogP contribution in [0.5, 0.6) is 0 Å². The Bertz CT molecular complexity index is 240. The van der Waals surface area contributed by atoms with Crippen LogP contribution < -0.4 is 0 Å². The molecule has 0 aromatic rings. The first kappa shape index (κ1) is 10.3. The van der Waals surface area contributed by atoms with Crippen LogP contribution in [0.25, 0.3) is 0 Å². The summed E-state index contributed by atoms with van der Waals surface area (Å²) in [5.74, 6) is -4.69. The lowest BCUT2D eigenvalue weighted by Crippen LogP contribution is -2.19. The zero-order valence-electron chi connectivity index (χ0n) is 6.35. The van der Waals surface area contributed by atoms with Crippen molar-refractivity contribution in [3.05, 3.63) is 12.2 Å². The molecule has 0 radical (unpaired) electrons. The van der Waals surface area contributed by atoms with Gasteiger partial charge in [-0.05, 0) is 0 Å². The van der Waals surface area contributed by atoms with Crippen molar-refractivity contribution in [2.24, 2.45) is 5.92 Å². The lowest BCUT2D eigenvalue weighted by Gasteiger charge is -1.97. The van der Waals surface area contributed by atoms with Gasteiger partial charge in [0.25, 0.3) is 0 Å². The number of Topliss-reactive ketones (excluding diaryl/α,β-unsaturated/α-hetero) is 1. The van der Waals surface area contributed by atoms with Crippen LogP contribution in [0.2, 0.25) is 0 Å². The molecule has 0 bridgehead atoms. The van der Waals surface area contributed by atoms with Crippen molar-refractivity contribution in [2.45, 2.75) is 6.92 Å². The molecule has 1 unspecified atom stereocenters. The average molecular weight is 172 g/mol. The van der Waals surface area contributed by atoms with Crippen LogP contribution in [-0.4, -0.2) is 27.9 Å². The number of carbonyl (C=O) groups excluding carboxylic acids is 1. The maximum atomic E-state index is 10.6. The van der Waals surface area contributed by atoms with Gasteiger partial charge in [0.2, 0.25) is 5.78 Å². The molecule has 0 heterocycles. The SMILES string of the molecule is CC(C=CC(=O)O)C(=O)C(=O)O. The Morgan fingerprint density at radius 1 is 1.25 bits per heavy atom. The second-order valence-corrected chi connectivity index (χ2v) is 2.16. The van der Waals surface area contributed by atoms with Gasteiger partial charge in [-0.2, -0.15) is 0 Å². The minimum absolute atomic E-state index is 0.742. The molecule has 12 heavy (non-hydrogen) atoms. The third-order valence-corrected chi connectivity index (χ3v) is 1.15. The average Bonchev–Trinajstić information content (AvgIpc) is 1.98. The van der Waals surface area contributed by atoms with E-state index in [-0.39, 0.29) is 0 Å². The first-order valence-electron chi connectivity index (χ1n) is 3.13. The summed E-state index contributed by atoms with van der Waals surface area (Å²) in [6, 6.07) is 0. The highest BCUT2D eigenvalue weighted by molar-refractivity contribution is 6.33. The minimum Gasteiger partial charge on any atom is -0.478 e. The topological polar surface area (TPSA) is 91.7 Å². The molecule has 0 spiro atoms. The Hall–Kier alpha value is -1.65. The highest BCUT2D eigenvalue weighted by Crippen LogP contribution is 1.98. The van der Waals surface area contributed by atoms with Gasteiger partial charge in [-0.1, -0.05) is 13.0 Å². The van der Waals surface area contributed by atoms with Crippen LogP contribution >= 0.6 is 0 Å². The predicted octanol–water partition coefficient (Wildman–Crippen LogP) is -0.0830. The number of carboxylic acids is 2. The standard InChI is InChI=1S/C7H8O5/c1-4(2-3-5(8)9)6(10)7(11)12/h2-4H,1H3,(H,8,9)(H,11,12). The summed E-state index contributed by atoms with van der Waals surface area (Å²) >= 11 is 0. The lowest BCUT2D eigenvalue weighted by molar-refractivity contribution is -0.150. The van der Waals surface area contributed by atoms with Crippen LogP contribution in [0, 0.1) is 5.92 Å². The number of hydrogen-bond acceptors (Lipinski definition) is 3. The molecule has 2 N–H and O–H groups in total. The van der Waals surface area contributed by atoms with Gasteiger partial charge >= 0.3 is 11.9 Å².